The van der Waals surface area contributed by atoms with Crippen LogP contribution in [0.2, 0.25) is 0 Å². The van der Waals surface area contributed by atoms with Crippen molar-refractivity contribution in [2.45, 2.75) is 13.5 Å². The molecule has 102 valence electrons. The van der Waals surface area contributed by atoms with E-state index in [1.807, 2.05) is 0 Å². The number of pyridine rings is 2. The van der Waals surface area contributed by atoms with E-state index in [0.29, 0.717) is 11.0 Å². The van der Waals surface area contributed by atoms with E-state index in [-0.39, 0.29) is 24.4 Å². The van der Waals surface area contributed by atoms with Gasteiger partial charge in [0.2, 0.25) is 0 Å². The number of nitrogen functional groups attached to an aromatic ring is 1. The van der Waals surface area contributed by atoms with Crippen LogP contribution in [0.1, 0.15) is 17.3 Å². The minimum absolute atomic E-state index is 0.000961. The summed E-state index contributed by atoms with van der Waals surface area (Å²) in [4.78, 5) is 28.4. The van der Waals surface area contributed by atoms with Gasteiger partial charge in [-0.25, -0.2) is 9.78 Å². The number of esters is 1. The smallest absolute Gasteiger partial charge is 0.345 e. The van der Waals surface area contributed by atoms with Crippen LogP contribution < -0.4 is 11.3 Å². The lowest BCUT2D eigenvalue weighted by Gasteiger charge is -2.12. The van der Waals surface area contributed by atoms with Crippen molar-refractivity contribution in [1.82, 2.24) is 9.55 Å². The van der Waals surface area contributed by atoms with Crippen LogP contribution in [0.4, 0.5) is 5.69 Å². The molecule has 0 bridgehead atoms. The molecule has 0 aliphatic carbocycles. The molecule has 2 N–H and O–H groups in total. The normalized spacial score (nSPS) is 10.2. The van der Waals surface area contributed by atoms with Gasteiger partial charge in [-0.2, -0.15) is 0 Å². The monoisotopic (exact) mass is 271 g/mol. The Morgan fingerprint density at radius 1 is 1.60 bits per heavy atom. The first-order valence-corrected chi connectivity index (χ1v) is 5.99. The van der Waals surface area contributed by atoms with Crippen LogP contribution in [0, 0.1) is 12.3 Å². The number of anilines is 1. The van der Waals surface area contributed by atoms with E-state index in [0.717, 1.165) is 0 Å². The molecule has 2 aromatic heterocycles. The highest BCUT2D eigenvalue weighted by Crippen LogP contribution is 2.21. The molecular formula is C14H13N3O3. The first kappa shape index (κ1) is 13.6. The largest absolute Gasteiger partial charge is 0.462 e. The van der Waals surface area contributed by atoms with Crippen molar-refractivity contribution >= 4 is 22.7 Å². The third kappa shape index (κ3) is 2.10. The summed E-state index contributed by atoms with van der Waals surface area (Å²) < 4.78 is 6.10. The van der Waals surface area contributed by atoms with Crippen molar-refractivity contribution in [3.63, 3.8) is 0 Å². The Morgan fingerprint density at radius 3 is 3.00 bits per heavy atom. The number of rotatable bonds is 3. The minimum Gasteiger partial charge on any atom is -0.462 e. The van der Waals surface area contributed by atoms with Gasteiger partial charge in [0.25, 0.3) is 5.56 Å². The van der Waals surface area contributed by atoms with Crippen molar-refractivity contribution in [2.24, 2.45) is 0 Å². The predicted molar refractivity (Wildman–Crippen MR) is 75.2 cm³/mol. The number of nitrogens with two attached hydrogens (primary N) is 1. The average Bonchev–Trinajstić information content (AvgIpc) is 2.44. The topological polar surface area (TPSA) is 87.2 Å². The third-order valence-electron chi connectivity index (χ3n) is 2.79. The third-order valence-corrected chi connectivity index (χ3v) is 2.79. The number of carbonyl (C=O) groups excluding carboxylic acids is 1. The van der Waals surface area contributed by atoms with Crippen LogP contribution in [-0.2, 0) is 11.3 Å². The molecule has 0 radical (unpaired) electrons. The molecule has 2 heterocycles. The first-order valence-electron chi connectivity index (χ1n) is 5.99. The van der Waals surface area contributed by atoms with Crippen molar-refractivity contribution in [1.29, 1.82) is 0 Å². The van der Waals surface area contributed by atoms with Crippen molar-refractivity contribution in [3.05, 3.63) is 34.2 Å². The summed E-state index contributed by atoms with van der Waals surface area (Å²) in [7, 11) is 0. The van der Waals surface area contributed by atoms with Crippen molar-refractivity contribution < 1.29 is 9.53 Å². The fraction of sp³-hybridized carbons (Fsp3) is 0.214. The Labute approximate surface area is 115 Å². The molecule has 6 nitrogen and oxygen atoms in total. The highest BCUT2D eigenvalue weighted by molar-refractivity contribution is 6.03. The maximum absolute atomic E-state index is 12.4. The molecular weight excluding hydrogens is 258 g/mol. The van der Waals surface area contributed by atoms with Gasteiger partial charge >= 0.3 is 5.97 Å². The van der Waals surface area contributed by atoms with Gasteiger partial charge in [0.15, 0.2) is 0 Å². The average molecular weight is 271 g/mol. The van der Waals surface area contributed by atoms with E-state index < -0.39 is 11.5 Å². The molecule has 2 aromatic rings. The zero-order valence-electron chi connectivity index (χ0n) is 10.9. The van der Waals surface area contributed by atoms with Crippen LogP contribution in [0.15, 0.2) is 23.1 Å². The zero-order valence-corrected chi connectivity index (χ0v) is 10.9. The van der Waals surface area contributed by atoms with Crippen LogP contribution in [0.5, 0.6) is 0 Å². The Morgan fingerprint density at radius 2 is 2.35 bits per heavy atom. The van der Waals surface area contributed by atoms with Gasteiger partial charge in [0, 0.05) is 11.6 Å². The number of fused-ring (bicyclic) bond motifs is 1. The number of carbonyl (C=O) groups is 1. The number of hydrogen-bond donors (Lipinski definition) is 1. The predicted octanol–water partition coefficient (Wildman–Crippen LogP) is 0.789. The van der Waals surface area contributed by atoms with Gasteiger partial charge in [0.05, 0.1) is 18.8 Å². The van der Waals surface area contributed by atoms with Crippen LogP contribution >= 0.6 is 0 Å². The summed E-state index contributed by atoms with van der Waals surface area (Å²) in [6, 6.07) is 3.34. The number of nitrogens with zero attached hydrogens (tertiary/aromatic N) is 2. The number of ether oxygens (including phenoxy) is 1. The van der Waals surface area contributed by atoms with Crippen LogP contribution in [0.3, 0.4) is 0 Å². The summed E-state index contributed by atoms with van der Waals surface area (Å²) in [6.07, 6.45) is 6.78. The van der Waals surface area contributed by atoms with Gasteiger partial charge in [-0.3, -0.25) is 9.36 Å². The lowest BCUT2D eigenvalue weighted by atomic mass is 10.1. The molecule has 0 saturated carbocycles. The maximum atomic E-state index is 12.4. The number of hydrogen-bond acceptors (Lipinski definition) is 5. The van der Waals surface area contributed by atoms with E-state index in [4.69, 9.17) is 16.9 Å². The fourth-order valence-corrected chi connectivity index (χ4v) is 1.94. The highest BCUT2D eigenvalue weighted by Gasteiger charge is 2.21. The number of terminal acetylenes is 1. The Balaban J connectivity index is 2.86. The van der Waals surface area contributed by atoms with Crippen LogP contribution in [0.25, 0.3) is 11.0 Å². The lowest BCUT2D eigenvalue weighted by molar-refractivity contribution is 0.0525. The van der Waals surface area contributed by atoms with E-state index in [9.17, 15) is 9.59 Å². The Hall–Kier alpha value is -2.81. The zero-order chi connectivity index (χ0) is 14.7. The fourth-order valence-electron chi connectivity index (χ4n) is 1.94. The minimum atomic E-state index is -0.758. The Kier molecular flexibility index (Phi) is 3.71. The van der Waals surface area contributed by atoms with E-state index in [1.54, 1.807) is 19.1 Å². The number of aromatic nitrogens is 2. The molecule has 0 amide bonds. The molecule has 0 aliphatic heterocycles. The van der Waals surface area contributed by atoms with Gasteiger partial charge in [-0.15, -0.1) is 6.42 Å². The second-order valence-electron chi connectivity index (χ2n) is 3.98. The van der Waals surface area contributed by atoms with Gasteiger partial charge in [-0.05, 0) is 19.1 Å². The molecule has 6 heteroatoms. The molecule has 0 spiro atoms. The molecule has 0 aliphatic rings. The molecule has 0 unspecified atom stereocenters. The second kappa shape index (κ2) is 5.45. The van der Waals surface area contributed by atoms with Crippen LogP contribution in [-0.4, -0.2) is 22.1 Å². The van der Waals surface area contributed by atoms with Crippen molar-refractivity contribution in [3.8, 4) is 12.3 Å². The molecule has 0 atom stereocenters. The first-order chi connectivity index (χ1) is 9.61. The summed E-state index contributed by atoms with van der Waals surface area (Å²) in [5, 5.41) is 0.491. The lowest BCUT2D eigenvalue weighted by Crippen LogP contribution is -2.29. The molecule has 0 saturated heterocycles. The summed E-state index contributed by atoms with van der Waals surface area (Å²) in [6.45, 7) is 1.80. The summed E-state index contributed by atoms with van der Waals surface area (Å²) in [5.74, 6) is 1.61. The molecule has 0 aromatic carbocycles. The standard InChI is InChI=1S/C14H13N3O3/c1-3-8-17-12-9(6-5-7-16-12)11(15)10(13(17)18)14(19)20-4-2/h1,5-7H,4,8,15H2,2H3. The van der Waals surface area contributed by atoms with Gasteiger partial charge in [-0.1, -0.05) is 5.92 Å². The highest BCUT2D eigenvalue weighted by atomic mass is 16.5. The SMILES string of the molecule is C#CCn1c(=O)c(C(=O)OCC)c(N)c2cccnc21. The van der Waals surface area contributed by atoms with Gasteiger partial charge < -0.3 is 10.5 Å². The maximum Gasteiger partial charge on any atom is 0.345 e. The van der Waals surface area contributed by atoms with Crippen molar-refractivity contribution in [2.75, 3.05) is 12.3 Å². The van der Waals surface area contributed by atoms with E-state index in [2.05, 4.69) is 10.9 Å². The molecule has 0 fully saturated rings. The molecule has 20 heavy (non-hydrogen) atoms. The summed E-state index contributed by atoms with van der Waals surface area (Å²) >= 11 is 0. The molecule has 2 rings (SSSR count). The van der Waals surface area contributed by atoms with E-state index in [1.165, 1.54) is 10.8 Å². The summed E-state index contributed by atoms with van der Waals surface area (Å²) in [5.41, 5.74) is 5.52. The Bertz CT molecular complexity index is 772. The van der Waals surface area contributed by atoms with Gasteiger partial charge in [0.1, 0.15) is 11.2 Å². The van der Waals surface area contributed by atoms with E-state index >= 15 is 0 Å². The second-order valence-corrected chi connectivity index (χ2v) is 3.98. The quantitative estimate of drug-likeness (QED) is 0.658.